The van der Waals surface area contributed by atoms with Gasteiger partial charge in [0, 0.05) is 6.42 Å². The number of halogens is 4. The van der Waals surface area contributed by atoms with E-state index >= 15 is 0 Å². The summed E-state index contributed by atoms with van der Waals surface area (Å²) < 4.78 is 48.6. The minimum atomic E-state index is -4.25. The Hall–Kier alpha value is -1.10. The van der Waals surface area contributed by atoms with E-state index < -0.39 is 24.5 Å². The van der Waals surface area contributed by atoms with Crippen LogP contribution in [0.3, 0.4) is 0 Å². The Balaban J connectivity index is 2.53. The van der Waals surface area contributed by atoms with Gasteiger partial charge in [0.25, 0.3) is 0 Å². The monoisotopic (exact) mass is 250 g/mol. The molecule has 0 spiro atoms. The number of hydrogen-bond donors (Lipinski definition) is 1. The normalized spacial score (nSPS) is 13.8. The van der Waals surface area contributed by atoms with Gasteiger partial charge in [0.2, 0.25) is 0 Å². The summed E-state index contributed by atoms with van der Waals surface area (Å²) in [6, 6.07) is 4.02. The molecule has 0 aliphatic rings. The van der Waals surface area contributed by atoms with Gasteiger partial charge in [-0.2, -0.15) is 13.2 Å². The van der Waals surface area contributed by atoms with E-state index in [-0.39, 0.29) is 12.8 Å². The van der Waals surface area contributed by atoms with E-state index in [2.05, 4.69) is 0 Å². The van der Waals surface area contributed by atoms with Crippen molar-refractivity contribution in [2.24, 2.45) is 0 Å². The first-order chi connectivity index (χ1) is 7.78. The van der Waals surface area contributed by atoms with Gasteiger partial charge in [0.15, 0.2) is 0 Å². The fourth-order valence-corrected chi connectivity index (χ4v) is 1.57. The zero-order chi connectivity index (χ0) is 13.1. The molecule has 0 aliphatic heterocycles. The Kier molecular flexibility index (Phi) is 4.51. The average molecular weight is 250 g/mol. The number of benzene rings is 1. The summed E-state index contributed by atoms with van der Waals surface area (Å²) >= 11 is 0. The molecule has 1 atom stereocenters. The number of aliphatic hydroxyl groups excluding tert-OH is 1. The van der Waals surface area contributed by atoms with Crippen molar-refractivity contribution in [2.75, 3.05) is 0 Å². The SMILES string of the molecule is Cc1cc(F)ccc1CC(O)CCC(F)(F)F. The third-order valence-corrected chi connectivity index (χ3v) is 2.52. The third-order valence-electron chi connectivity index (χ3n) is 2.52. The molecule has 1 aromatic carbocycles. The van der Waals surface area contributed by atoms with Gasteiger partial charge in [-0.05, 0) is 43.0 Å². The van der Waals surface area contributed by atoms with Crippen LogP contribution in [0, 0.1) is 12.7 Å². The number of aliphatic hydroxyl groups is 1. The summed E-state index contributed by atoms with van der Waals surface area (Å²) in [5, 5.41) is 9.47. The molecule has 1 unspecified atom stereocenters. The molecule has 0 radical (unpaired) electrons. The highest BCUT2D eigenvalue weighted by atomic mass is 19.4. The molecule has 1 rings (SSSR count). The van der Waals surface area contributed by atoms with E-state index in [0.717, 1.165) is 0 Å². The van der Waals surface area contributed by atoms with Crippen LogP contribution in [0.5, 0.6) is 0 Å². The van der Waals surface area contributed by atoms with Crippen molar-refractivity contribution in [1.82, 2.24) is 0 Å². The summed E-state index contributed by atoms with van der Waals surface area (Å²) in [5.41, 5.74) is 1.30. The Labute approximate surface area is 97.1 Å². The van der Waals surface area contributed by atoms with E-state index in [0.29, 0.717) is 11.1 Å². The molecule has 5 heteroatoms. The maximum atomic E-state index is 12.8. The highest BCUT2D eigenvalue weighted by Gasteiger charge is 2.27. The smallest absolute Gasteiger partial charge is 0.389 e. The first-order valence-electron chi connectivity index (χ1n) is 5.28. The van der Waals surface area contributed by atoms with E-state index in [1.54, 1.807) is 6.92 Å². The molecule has 0 saturated carbocycles. The molecule has 0 fully saturated rings. The number of hydrogen-bond acceptors (Lipinski definition) is 1. The van der Waals surface area contributed by atoms with Gasteiger partial charge in [-0.1, -0.05) is 6.07 Å². The van der Waals surface area contributed by atoms with E-state index in [1.807, 2.05) is 0 Å². The Morgan fingerprint density at radius 2 is 1.94 bits per heavy atom. The van der Waals surface area contributed by atoms with Crippen molar-refractivity contribution in [3.8, 4) is 0 Å². The van der Waals surface area contributed by atoms with Gasteiger partial charge in [-0.3, -0.25) is 0 Å². The molecule has 0 amide bonds. The van der Waals surface area contributed by atoms with Gasteiger partial charge in [-0.25, -0.2) is 4.39 Å². The first-order valence-corrected chi connectivity index (χ1v) is 5.28. The van der Waals surface area contributed by atoms with Crippen molar-refractivity contribution in [3.05, 3.63) is 35.1 Å². The van der Waals surface area contributed by atoms with Crippen LogP contribution >= 0.6 is 0 Å². The Bertz CT molecular complexity index is 373. The zero-order valence-electron chi connectivity index (χ0n) is 9.39. The van der Waals surface area contributed by atoms with Crippen molar-refractivity contribution in [3.63, 3.8) is 0 Å². The van der Waals surface area contributed by atoms with Gasteiger partial charge in [-0.15, -0.1) is 0 Å². The maximum Gasteiger partial charge on any atom is 0.389 e. The quantitative estimate of drug-likeness (QED) is 0.812. The van der Waals surface area contributed by atoms with Crippen LogP contribution in [0.25, 0.3) is 0 Å². The number of alkyl halides is 3. The van der Waals surface area contributed by atoms with E-state index in [9.17, 15) is 22.7 Å². The van der Waals surface area contributed by atoms with Crippen molar-refractivity contribution in [1.29, 1.82) is 0 Å². The van der Waals surface area contributed by atoms with Gasteiger partial charge >= 0.3 is 6.18 Å². The average Bonchev–Trinajstić information content (AvgIpc) is 2.18. The molecule has 0 heterocycles. The fraction of sp³-hybridized carbons (Fsp3) is 0.500. The highest BCUT2D eigenvalue weighted by Crippen LogP contribution is 2.23. The molecular weight excluding hydrogens is 236 g/mol. The van der Waals surface area contributed by atoms with Crippen LogP contribution in [0.2, 0.25) is 0 Å². The molecule has 1 nitrogen and oxygen atoms in total. The van der Waals surface area contributed by atoms with Crippen molar-refractivity contribution < 1.29 is 22.7 Å². The van der Waals surface area contributed by atoms with Crippen LogP contribution in [-0.2, 0) is 6.42 Å². The standard InChI is InChI=1S/C12H14F4O/c1-8-6-10(13)3-2-9(8)7-11(17)4-5-12(14,15)16/h2-3,6,11,17H,4-5,7H2,1H3. The molecule has 1 aromatic rings. The molecule has 96 valence electrons. The lowest BCUT2D eigenvalue weighted by atomic mass is 10.00. The number of aryl methyl sites for hydroxylation is 1. The molecule has 0 bridgehead atoms. The van der Waals surface area contributed by atoms with Crippen LogP contribution in [0.4, 0.5) is 17.6 Å². The summed E-state index contributed by atoms with van der Waals surface area (Å²) in [7, 11) is 0. The predicted molar refractivity (Wildman–Crippen MR) is 56.1 cm³/mol. The maximum absolute atomic E-state index is 12.8. The lowest BCUT2D eigenvalue weighted by molar-refractivity contribution is -0.139. The zero-order valence-corrected chi connectivity index (χ0v) is 9.39. The molecule has 1 N–H and O–H groups in total. The Morgan fingerprint density at radius 3 is 2.47 bits per heavy atom. The largest absolute Gasteiger partial charge is 0.393 e. The van der Waals surface area contributed by atoms with Crippen LogP contribution in [0.1, 0.15) is 24.0 Å². The van der Waals surface area contributed by atoms with Gasteiger partial charge < -0.3 is 5.11 Å². The van der Waals surface area contributed by atoms with Crippen LogP contribution in [-0.4, -0.2) is 17.4 Å². The molecule has 0 saturated heterocycles. The first kappa shape index (κ1) is 14.0. The fourth-order valence-electron chi connectivity index (χ4n) is 1.57. The van der Waals surface area contributed by atoms with E-state index in [1.165, 1.54) is 18.2 Å². The van der Waals surface area contributed by atoms with Crippen molar-refractivity contribution >= 4 is 0 Å². The second-order valence-electron chi connectivity index (χ2n) is 4.08. The summed E-state index contributed by atoms with van der Waals surface area (Å²) in [5.74, 6) is -0.393. The second kappa shape index (κ2) is 5.49. The van der Waals surface area contributed by atoms with Crippen molar-refractivity contribution in [2.45, 2.75) is 38.5 Å². The lowest BCUT2D eigenvalue weighted by Crippen LogP contribution is -2.16. The topological polar surface area (TPSA) is 20.2 Å². The molecular formula is C12H14F4O. The summed E-state index contributed by atoms with van der Waals surface area (Å²) in [4.78, 5) is 0. The van der Waals surface area contributed by atoms with Gasteiger partial charge in [0.1, 0.15) is 5.82 Å². The molecule has 0 aromatic heterocycles. The Morgan fingerprint density at radius 1 is 1.29 bits per heavy atom. The van der Waals surface area contributed by atoms with Crippen LogP contribution in [0.15, 0.2) is 18.2 Å². The lowest BCUT2D eigenvalue weighted by Gasteiger charge is -2.13. The summed E-state index contributed by atoms with van der Waals surface area (Å²) in [6.45, 7) is 1.66. The second-order valence-corrected chi connectivity index (χ2v) is 4.08. The number of rotatable bonds is 4. The molecule has 17 heavy (non-hydrogen) atoms. The minimum absolute atomic E-state index is 0.113. The minimum Gasteiger partial charge on any atom is -0.393 e. The predicted octanol–water partition coefficient (Wildman–Crippen LogP) is 3.38. The third kappa shape index (κ3) is 5.17. The van der Waals surface area contributed by atoms with Gasteiger partial charge in [0.05, 0.1) is 6.10 Å². The summed E-state index contributed by atoms with van der Waals surface area (Å²) in [6.07, 6.45) is -6.53. The molecule has 0 aliphatic carbocycles. The van der Waals surface area contributed by atoms with E-state index in [4.69, 9.17) is 0 Å². The van der Waals surface area contributed by atoms with Crippen LogP contribution < -0.4 is 0 Å². The highest BCUT2D eigenvalue weighted by molar-refractivity contribution is 5.27.